The maximum atomic E-state index is 13.8. The van der Waals surface area contributed by atoms with Gasteiger partial charge in [0.05, 0.1) is 28.7 Å². The van der Waals surface area contributed by atoms with E-state index in [1.807, 2.05) is 20.8 Å². The summed E-state index contributed by atoms with van der Waals surface area (Å²) in [5.74, 6) is -1.28. The molecule has 1 aromatic heterocycles. The molecule has 0 spiro atoms. The normalized spacial score (nSPS) is 11.0. The van der Waals surface area contributed by atoms with Crippen molar-refractivity contribution >= 4 is 17.5 Å². The number of urea groups is 1. The molecule has 1 heterocycles. The Kier molecular flexibility index (Phi) is 5.33. The molecular formula is C21H19F2N5O. The number of benzene rings is 2. The second kappa shape index (κ2) is 7.72. The second-order valence-electron chi connectivity index (χ2n) is 7.44. The Bertz CT molecular complexity index is 1110. The lowest BCUT2D eigenvalue weighted by molar-refractivity contribution is 0.262. The SMILES string of the molecule is CC(C)(C)c1cc(NC(=O)Nc2ccc(F)cc2F)n(-c2cccc(C#N)c2)n1. The predicted molar refractivity (Wildman–Crippen MR) is 106 cm³/mol. The molecule has 3 rings (SSSR count). The minimum absolute atomic E-state index is 0.155. The van der Waals surface area contributed by atoms with Crippen LogP contribution in [0.3, 0.4) is 0 Å². The molecule has 0 atom stereocenters. The van der Waals surface area contributed by atoms with Gasteiger partial charge in [-0.15, -0.1) is 0 Å². The Balaban J connectivity index is 1.94. The van der Waals surface area contributed by atoms with E-state index in [-0.39, 0.29) is 11.1 Å². The summed E-state index contributed by atoms with van der Waals surface area (Å²) >= 11 is 0. The summed E-state index contributed by atoms with van der Waals surface area (Å²) in [6.07, 6.45) is 0. The molecule has 0 bridgehead atoms. The first-order chi connectivity index (χ1) is 13.7. The van der Waals surface area contributed by atoms with Crippen molar-refractivity contribution < 1.29 is 13.6 Å². The highest BCUT2D eigenvalue weighted by molar-refractivity contribution is 5.99. The van der Waals surface area contributed by atoms with Gasteiger partial charge in [-0.05, 0) is 30.3 Å². The van der Waals surface area contributed by atoms with Crippen LogP contribution in [0, 0.1) is 23.0 Å². The maximum Gasteiger partial charge on any atom is 0.324 e. The molecule has 2 aromatic carbocycles. The van der Waals surface area contributed by atoms with E-state index in [1.165, 1.54) is 4.68 Å². The van der Waals surface area contributed by atoms with Crippen LogP contribution in [0.15, 0.2) is 48.5 Å². The van der Waals surface area contributed by atoms with Gasteiger partial charge in [0.15, 0.2) is 0 Å². The number of nitrogens with one attached hydrogen (secondary N) is 2. The fraction of sp³-hybridized carbons (Fsp3) is 0.190. The van der Waals surface area contributed by atoms with E-state index in [0.717, 1.165) is 12.1 Å². The molecule has 0 aliphatic heterocycles. The summed E-state index contributed by atoms with van der Waals surface area (Å²) in [5.41, 5.74) is 1.29. The number of carbonyl (C=O) groups is 1. The lowest BCUT2D eigenvalue weighted by Gasteiger charge is -2.14. The van der Waals surface area contributed by atoms with E-state index in [1.54, 1.807) is 30.3 Å². The van der Waals surface area contributed by atoms with Gasteiger partial charge in [0, 0.05) is 17.5 Å². The van der Waals surface area contributed by atoms with Crippen LogP contribution in [0.5, 0.6) is 0 Å². The van der Waals surface area contributed by atoms with E-state index in [4.69, 9.17) is 5.26 Å². The zero-order valence-electron chi connectivity index (χ0n) is 16.1. The Hall–Kier alpha value is -3.73. The van der Waals surface area contributed by atoms with Crippen LogP contribution in [0.25, 0.3) is 5.69 Å². The number of nitrogens with zero attached hydrogens (tertiary/aromatic N) is 3. The second-order valence-corrected chi connectivity index (χ2v) is 7.44. The number of hydrogen-bond acceptors (Lipinski definition) is 3. The third kappa shape index (κ3) is 4.58. The molecule has 0 unspecified atom stereocenters. The number of halogens is 2. The van der Waals surface area contributed by atoms with E-state index in [9.17, 15) is 13.6 Å². The molecule has 8 heteroatoms. The molecular weight excluding hydrogens is 376 g/mol. The lowest BCUT2D eigenvalue weighted by atomic mass is 9.92. The number of anilines is 2. The molecule has 2 N–H and O–H groups in total. The Morgan fingerprint density at radius 3 is 2.52 bits per heavy atom. The summed E-state index contributed by atoms with van der Waals surface area (Å²) in [6, 6.07) is 12.7. The van der Waals surface area contributed by atoms with Gasteiger partial charge in [0.1, 0.15) is 17.5 Å². The van der Waals surface area contributed by atoms with Crippen molar-refractivity contribution in [3.8, 4) is 11.8 Å². The van der Waals surface area contributed by atoms with Crippen LogP contribution < -0.4 is 10.6 Å². The van der Waals surface area contributed by atoms with Crippen molar-refractivity contribution in [1.82, 2.24) is 9.78 Å². The standard InChI is InChI=1S/C21H19F2N5O/c1-21(2,3)18-11-19(28(27-18)15-6-4-5-13(9-15)12-24)26-20(29)25-17-8-7-14(22)10-16(17)23/h4-11H,1-3H3,(H2,25,26,29). The summed E-state index contributed by atoms with van der Waals surface area (Å²) in [7, 11) is 0. The third-order valence-corrected chi connectivity index (χ3v) is 4.12. The third-order valence-electron chi connectivity index (χ3n) is 4.12. The topological polar surface area (TPSA) is 82.7 Å². The van der Waals surface area contributed by atoms with E-state index in [2.05, 4.69) is 21.8 Å². The Morgan fingerprint density at radius 2 is 1.86 bits per heavy atom. The minimum atomic E-state index is -0.884. The summed E-state index contributed by atoms with van der Waals surface area (Å²) in [5, 5.41) is 18.7. The molecule has 0 saturated carbocycles. The smallest absolute Gasteiger partial charge is 0.305 e. The van der Waals surface area contributed by atoms with Crippen LogP contribution in [-0.2, 0) is 5.41 Å². The summed E-state index contributed by atoms with van der Waals surface area (Å²) in [4.78, 5) is 12.4. The van der Waals surface area contributed by atoms with Crippen molar-refractivity contribution in [2.45, 2.75) is 26.2 Å². The van der Waals surface area contributed by atoms with Crippen molar-refractivity contribution in [2.24, 2.45) is 0 Å². The molecule has 2 amide bonds. The highest BCUT2D eigenvalue weighted by Gasteiger charge is 2.22. The number of amides is 2. The van der Waals surface area contributed by atoms with Crippen molar-refractivity contribution in [3.63, 3.8) is 0 Å². The Morgan fingerprint density at radius 1 is 1.10 bits per heavy atom. The van der Waals surface area contributed by atoms with Crippen LogP contribution >= 0.6 is 0 Å². The van der Waals surface area contributed by atoms with Gasteiger partial charge in [-0.25, -0.2) is 18.3 Å². The highest BCUT2D eigenvalue weighted by Crippen LogP contribution is 2.27. The number of hydrogen-bond donors (Lipinski definition) is 2. The average Bonchev–Trinajstić information content (AvgIpc) is 3.08. The van der Waals surface area contributed by atoms with Gasteiger partial charge in [0.2, 0.25) is 0 Å². The van der Waals surface area contributed by atoms with Gasteiger partial charge in [-0.2, -0.15) is 10.4 Å². The molecule has 0 aliphatic rings. The fourth-order valence-corrected chi connectivity index (χ4v) is 2.60. The lowest BCUT2D eigenvalue weighted by Crippen LogP contribution is -2.22. The molecule has 0 saturated heterocycles. The number of nitriles is 1. The van der Waals surface area contributed by atoms with E-state index < -0.39 is 17.7 Å². The molecule has 6 nitrogen and oxygen atoms in total. The van der Waals surface area contributed by atoms with Gasteiger partial charge in [0.25, 0.3) is 0 Å². The van der Waals surface area contributed by atoms with Gasteiger partial charge in [-0.1, -0.05) is 26.8 Å². The molecule has 0 aliphatic carbocycles. The molecule has 29 heavy (non-hydrogen) atoms. The maximum absolute atomic E-state index is 13.8. The van der Waals surface area contributed by atoms with Gasteiger partial charge >= 0.3 is 6.03 Å². The molecule has 0 radical (unpaired) electrons. The minimum Gasteiger partial charge on any atom is -0.305 e. The van der Waals surface area contributed by atoms with Crippen LogP contribution in [-0.4, -0.2) is 15.8 Å². The van der Waals surface area contributed by atoms with Crippen molar-refractivity contribution in [2.75, 3.05) is 10.6 Å². The van der Waals surface area contributed by atoms with E-state index in [0.29, 0.717) is 28.8 Å². The average molecular weight is 395 g/mol. The quantitative estimate of drug-likeness (QED) is 0.657. The number of rotatable bonds is 3. The zero-order valence-corrected chi connectivity index (χ0v) is 16.1. The Labute approximate surface area is 166 Å². The highest BCUT2D eigenvalue weighted by atomic mass is 19.1. The monoisotopic (exact) mass is 395 g/mol. The van der Waals surface area contributed by atoms with Gasteiger partial charge in [-0.3, -0.25) is 5.32 Å². The van der Waals surface area contributed by atoms with Crippen LogP contribution in [0.2, 0.25) is 0 Å². The first-order valence-electron chi connectivity index (χ1n) is 8.81. The number of aromatic nitrogens is 2. The molecule has 148 valence electrons. The van der Waals surface area contributed by atoms with Crippen LogP contribution in [0.1, 0.15) is 32.0 Å². The first-order valence-corrected chi connectivity index (χ1v) is 8.81. The fourth-order valence-electron chi connectivity index (χ4n) is 2.60. The van der Waals surface area contributed by atoms with Crippen molar-refractivity contribution in [1.29, 1.82) is 5.26 Å². The zero-order chi connectivity index (χ0) is 21.2. The predicted octanol–water partition coefficient (Wildman–Crippen LogP) is 4.96. The van der Waals surface area contributed by atoms with Crippen molar-refractivity contribution in [3.05, 3.63) is 71.4 Å². The molecule has 3 aromatic rings. The van der Waals surface area contributed by atoms with Gasteiger partial charge < -0.3 is 5.32 Å². The van der Waals surface area contributed by atoms with Crippen LogP contribution in [0.4, 0.5) is 25.1 Å². The van der Waals surface area contributed by atoms with E-state index >= 15 is 0 Å². The summed E-state index contributed by atoms with van der Waals surface area (Å²) in [6.45, 7) is 5.93. The summed E-state index contributed by atoms with van der Waals surface area (Å²) < 4.78 is 28.4. The first kappa shape index (κ1) is 20.0. The largest absolute Gasteiger partial charge is 0.324 e. The number of carbonyl (C=O) groups excluding carboxylic acids is 1. The molecule has 0 fully saturated rings.